The van der Waals surface area contributed by atoms with Crippen molar-refractivity contribution in [1.82, 2.24) is 10.6 Å². The highest BCUT2D eigenvalue weighted by Gasteiger charge is 2.19. The lowest BCUT2D eigenvalue weighted by atomic mass is 10.0. The fraction of sp³-hybridized carbons (Fsp3) is 0.600. The molecule has 0 aromatic heterocycles. The van der Waals surface area contributed by atoms with Gasteiger partial charge in [0.25, 0.3) is 0 Å². The second-order valence-corrected chi connectivity index (χ2v) is 5.16. The Morgan fingerprint density at radius 3 is 2.71 bits per heavy atom. The first kappa shape index (κ1) is 12.6. The number of hydrogen-bond acceptors (Lipinski definition) is 2. The predicted octanol–water partition coefficient (Wildman–Crippen LogP) is 2.19. The van der Waals surface area contributed by atoms with Gasteiger partial charge < -0.3 is 10.6 Å². The molecule has 0 aliphatic heterocycles. The summed E-state index contributed by atoms with van der Waals surface area (Å²) in [5, 5.41) is 7.01. The molecule has 0 amide bonds. The van der Waals surface area contributed by atoms with Gasteiger partial charge in [0.1, 0.15) is 0 Å². The van der Waals surface area contributed by atoms with Crippen molar-refractivity contribution in [2.24, 2.45) is 0 Å². The van der Waals surface area contributed by atoms with Crippen LogP contribution in [-0.2, 0) is 6.42 Å². The molecule has 0 atom stereocenters. The van der Waals surface area contributed by atoms with Crippen LogP contribution in [0.2, 0.25) is 0 Å². The minimum absolute atomic E-state index is 0.829. The molecule has 2 N–H and O–H groups in total. The van der Waals surface area contributed by atoms with Gasteiger partial charge in [-0.2, -0.15) is 0 Å². The molecule has 1 aliphatic rings. The standard InChI is InChI=1S/C15H24N2/c1-12-3-4-13(2)14(11-12)7-8-16-9-10-17-15-5-6-15/h3-4,11,15-17H,5-10H2,1-2H3. The topological polar surface area (TPSA) is 24.1 Å². The van der Waals surface area contributed by atoms with Gasteiger partial charge in [0.05, 0.1) is 0 Å². The molecule has 0 bridgehead atoms. The molecule has 2 nitrogen and oxygen atoms in total. The number of nitrogens with one attached hydrogen (secondary N) is 2. The second kappa shape index (κ2) is 6.18. The Labute approximate surface area is 105 Å². The monoisotopic (exact) mass is 232 g/mol. The molecule has 0 saturated heterocycles. The van der Waals surface area contributed by atoms with Crippen molar-refractivity contribution in [3.63, 3.8) is 0 Å². The van der Waals surface area contributed by atoms with Crippen molar-refractivity contribution < 1.29 is 0 Å². The van der Waals surface area contributed by atoms with Crippen LogP contribution in [0.25, 0.3) is 0 Å². The molecule has 1 saturated carbocycles. The van der Waals surface area contributed by atoms with Crippen LogP contribution in [0.3, 0.4) is 0 Å². The van der Waals surface area contributed by atoms with E-state index < -0.39 is 0 Å². The Morgan fingerprint density at radius 2 is 1.94 bits per heavy atom. The van der Waals surface area contributed by atoms with Crippen molar-refractivity contribution in [2.45, 2.75) is 39.2 Å². The molecular weight excluding hydrogens is 208 g/mol. The van der Waals surface area contributed by atoms with E-state index in [4.69, 9.17) is 0 Å². The highest BCUT2D eigenvalue weighted by atomic mass is 15.0. The Morgan fingerprint density at radius 1 is 1.12 bits per heavy atom. The number of benzene rings is 1. The zero-order valence-electron chi connectivity index (χ0n) is 11.1. The minimum atomic E-state index is 0.829. The average Bonchev–Trinajstić information content (AvgIpc) is 3.11. The van der Waals surface area contributed by atoms with E-state index in [-0.39, 0.29) is 0 Å². The van der Waals surface area contributed by atoms with Gasteiger partial charge in [0.15, 0.2) is 0 Å². The molecular formula is C15H24N2. The van der Waals surface area contributed by atoms with E-state index in [1.54, 1.807) is 0 Å². The van der Waals surface area contributed by atoms with Gasteiger partial charge in [0, 0.05) is 19.1 Å². The summed E-state index contributed by atoms with van der Waals surface area (Å²) in [5.74, 6) is 0. The third kappa shape index (κ3) is 4.49. The smallest absolute Gasteiger partial charge is 0.00793 e. The largest absolute Gasteiger partial charge is 0.315 e. The summed E-state index contributed by atoms with van der Waals surface area (Å²) >= 11 is 0. The summed E-state index contributed by atoms with van der Waals surface area (Å²) in [6, 6.07) is 7.54. The SMILES string of the molecule is Cc1ccc(C)c(CCNCCNC2CC2)c1. The van der Waals surface area contributed by atoms with Crippen LogP contribution < -0.4 is 10.6 Å². The van der Waals surface area contributed by atoms with Gasteiger partial charge in [-0.15, -0.1) is 0 Å². The second-order valence-electron chi connectivity index (χ2n) is 5.16. The number of aryl methyl sites for hydroxylation is 2. The average molecular weight is 232 g/mol. The van der Waals surface area contributed by atoms with Gasteiger partial charge in [-0.25, -0.2) is 0 Å². The minimum Gasteiger partial charge on any atom is -0.315 e. The molecule has 1 aliphatic carbocycles. The van der Waals surface area contributed by atoms with Crippen LogP contribution in [0, 0.1) is 13.8 Å². The molecule has 0 heterocycles. The van der Waals surface area contributed by atoms with Crippen molar-refractivity contribution in [2.75, 3.05) is 19.6 Å². The summed E-state index contributed by atoms with van der Waals surface area (Å²) in [4.78, 5) is 0. The maximum atomic E-state index is 3.51. The van der Waals surface area contributed by atoms with Crippen LogP contribution in [0.1, 0.15) is 29.5 Å². The molecule has 2 rings (SSSR count). The Hall–Kier alpha value is -0.860. The first-order valence-corrected chi connectivity index (χ1v) is 6.76. The molecule has 0 radical (unpaired) electrons. The number of rotatable bonds is 7. The van der Waals surface area contributed by atoms with Crippen LogP contribution in [0.5, 0.6) is 0 Å². The maximum absolute atomic E-state index is 3.51. The normalized spacial score (nSPS) is 15.2. The molecule has 17 heavy (non-hydrogen) atoms. The summed E-state index contributed by atoms with van der Waals surface area (Å²) in [7, 11) is 0. The molecule has 1 aromatic carbocycles. The fourth-order valence-electron chi connectivity index (χ4n) is 2.07. The number of hydrogen-bond donors (Lipinski definition) is 2. The quantitative estimate of drug-likeness (QED) is 0.704. The van der Waals surface area contributed by atoms with Crippen LogP contribution in [-0.4, -0.2) is 25.7 Å². The molecule has 1 aromatic rings. The lowest BCUT2D eigenvalue weighted by Gasteiger charge is -2.08. The van der Waals surface area contributed by atoms with Gasteiger partial charge >= 0.3 is 0 Å². The Kier molecular flexibility index (Phi) is 4.57. The summed E-state index contributed by atoms with van der Waals surface area (Å²) < 4.78 is 0. The van der Waals surface area contributed by atoms with E-state index >= 15 is 0 Å². The predicted molar refractivity (Wildman–Crippen MR) is 73.5 cm³/mol. The van der Waals surface area contributed by atoms with Crippen molar-refractivity contribution in [3.05, 3.63) is 34.9 Å². The third-order valence-electron chi connectivity index (χ3n) is 3.39. The molecule has 1 fully saturated rings. The maximum Gasteiger partial charge on any atom is 0.00793 e. The Bertz CT molecular complexity index is 356. The van der Waals surface area contributed by atoms with Gasteiger partial charge in [-0.1, -0.05) is 23.8 Å². The van der Waals surface area contributed by atoms with E-state index in [1.807, 2.05) is 0 Å². The van der Waals surface area contributed by atoms with E-state index in [0.29, 0.717) is 0 Å². The lowest BCUT2D eigenvalue weighted by molar-refractivity contribution is 0.608. The zero-order chi connectivity index (χ0) is 12.1. The first-order valence-electron chi connectivity index (χ1n) is 6.76. The van der Waals surface area contributed by atoms with E-state index in [0.717, 1.165) is 32.1 Å². The fourth-order valence-corrected chi connectivity index (χ4v) is 2.07. The van der Waals surface area contributed by atoms with E-state index in [9.17, 15) is 0 Å². The first-order chi connectivity index (χ1) is 8.25. The summed E-state index contributed by atoms with van der Waals surface area (Å²) in [5.41, 5.74) is 4.25. The molecule has 2 heteroatoms. The van der Waals surface area contributed by atoms with Crippen molar-refractivity contribution in [1.29, 1.82) is 0 Å². The van der Waals surface area contributed by atoms with Gasteiger partial charge in [-0.3, -0.25) is 0 Å². The van der Waals surface area contributed by atoms with Gasteiger partial charge in [-0.05, 0) is 50.8 Å². The lowest BCUT2D eigenvalue weighted by Crippen LogP contribution is -2.29. The third-order valence-corrected chi connectivity index (χ3v) is 3.39. The van der Waals surface area contributed by atoms with Gasteiger partial charge in [0.2, 0.25) is 0 Å². The van der Waals surface area contributed by atoms with Crippen molar-refractivity contribution >= 4 is 0 Å². The van der Waals surface area contributed by atoms with E-state index in [2.05, 4.69) is 42.7 Å². The molecule has 0 spiro atoms. The highest BCUT2D eigenvalue weighted by molar-refractivity contribution is 5.30. The highest BCUT2D eigenvalue weighted by Crippen LogP contribution is 2.17. The van der Waals surface area contributed by atoms with Crippen LogP contribution in [0.4, 0.5) is 0 Å². The molecule has 94 valence electrons. The zero-order valence-corrected chi connectivity index (χ0v) is 11.1. The summed E-state index contributed by atoms with van der Waals surface area (Å²) in [6.07, 6.45) is 3.89. The van der Waals surface area contributed by atoms with E-state index in [1.165, 1.54) is 29.5 Å². The summed E-state index contributed by atoms with van der Waals surface area (Å²) in [6.45, 7) is 7.63. The van der Waals surface area contributed by atoms with Crippen molar-refractivity contribution in [3.8, 4) is 0 Å². The molecule has 0 unspecified atom stereocenters. The van der Waals surface area contributed by atoms with Crippen LogP contribution in [0.15, 0.2) is 18.2 Å². The Balaban J connectivity index is 1.61. The van der Waals surface area contributed by atoms with Crippen LogP contribution >= 0.6 is 0 Å².